The van der Waals surface area contributed by atoms with E-state index in [1.807, 2.05) is 10.7 Å². The molecule has 0 spiro atoms. The van der Waals surface area contributed by atoms with Crippen LogP contribution < -0.4 is 0 Å². The molecule has 22 heavy (non-hydrogen) atoms. The van der Waals surface area contributed by atoms with Crippen LogP contribution in [0.3, 0.4) is 0 Å². The van der Waals surface area contributed by atoms with Crippen LogP contribution in [0.15, 0.2) is 28.4 Å². The average Bonchev–Trinajstić information content (AvgIpc) is 3.10. The lowest BCUT2D eigenvalue weighted by atomic mass is 9.97. The second-order valence-electron chi connectivity index (χ2n) is 5.80. The molecule has 0 radical (unpaired) electrons. The fourth-order valence-corrected chi connectivity index (χ4v) is 4.55. The van der Waals surface area contributed by atoms with Crippen molar-refractivity contribution in [2.75, 3.05) is 0 Å². The van der Waals surface area contributed by atoms with Gasteiger partial charge in [-0.3, -0.25) is 0 Å². The van der Waals surface area contributed by atoms with E-state index in [0.29, 0.717) is 5.92 Å². The van der Waals surface area contributed by atoms with Crippen LogP contribution >= 0.6 is 27.3 Å². The van der Waals surface area contributed by atoms with Gasteiger partial charge in [-0.05, 0) is 52.0 Å². The molecule has 0 unspecified atom stereocenters. The van der Waals surface area contributed by atoms with Crippen LogP contribution in [0.5, 0.6) is 0 Å². The van der Waals surface area contributed by atoms with Crippen molar-refractivity contribution in [1.29, 1.82) is 0 Å². The monoisotopic (exact) mass is 374 g/mol. The molecule has 0 fully saturated rings. The first-order valence-electron chi connectivity index (χ1n) is 7.16. The van der Waals surface area contributed by atoms with Crippen molar-refractivity contribution < 1.29 is 0 Å². The topological polar surface area (TPSA) is 46.0 Å². The molecule has 0 saturated heterocycles. The molecule has 0 aliphatic heterocycles. The second kappa shape index (κ2) is 4.93. The summed E-state index contributed by atoms with van der Waals surface area (Å²) < 4.78 is 3.00. The molecule has 4 rings (SSSR count). The summed E-state index contributed by atoms with van der Waals surface area (Å²) in [7, 11) is 0. The number of aromatic nitrogens is 4. The minimum absolute atomic E-state index is 0.442. The van der Waals surface area contributed by atoms with Crippen molar-refractivity contribution in [1.82, 2.24) is 19.6 Å². The van der Waals surface area contributed by atoms with Crippen LogP contribution in [0.1, 0.15) is 30.9 Å². The summed E-state index contributed by atoms with van der Waals surface area (Å²) in [6.45, 7) is 6.54. The lowest BCUT2D eigenvalue weighted by molar-refractivity contribution is 0.877. The van der Waals surface area contributed by atoms with E-state index in [-0.39, 0.29) is 0 Å². The SMILES string of the molecule is Cc1cc(-c2[nH]c3sc(Br)cc3c2C(C)C)cn2ncnc12. The molecule has 0 aliphatic rings. The third kappa shape index (κ3) is 2.01. The molecule has 112 valence electrons. The molecule has 4 nitrogen and oxygen atoms in total. The molecular formula is C16H15BrN4S. The molecule has 1 N–H and O–H groups in total. The molecule has 4 heterocycles. The standard InChI is InChI=1S/C16H15BrN4S/c1-8(2)13-11-5-12(17)22-16(11)20-14(13)10-4-9(3)15-18-7-19-21(15)6-10/h4-8,20H,1-3H3. The predicted molar refractivity (Wildman–Crippen MR) is 94.7 cm³/mol. The Hall–Kier alpha value is -1.66. The van der Waals surface area contributed by atoms with E-state index in [1.54, 1.807) is 17.7 Å². The molecule has 6 heteroatoms. The summed E-state index contributed by atoms with van der Waals surface area (Å²) in [6, 6.07) is 4.39. The van der Waals surface area contributed by atoms with Crippen molar-refractivity contribution in [3.8, 4) is 11.3 Å². The molecule has 4 aromatic heterocycles. The first-order chi connectivity index (χ1) is 10.5. The molecule has 0 atom stereocenters. The Morgan fingerprint density at radius 1 is 1.32 bits per heavy atom. The lowest BCUT2D eigenvalue weighted by Gasteiger charge is -2.09. The van der Waals surface area contributed by atoms with Crippen LogP contribution in [-0.4, -0.2) is 19.6 Å². The van der Waals surface area contributed by atoms with Crippen LogP contribution in [0, 0.1) is 6.92 Å². The van der Waals surface area contributed by atoms with E-state index in [2.05, 4.69) is 63.9 Å². The van der Waals surface area contributed by atoms with Gasteiger partial charge in [0.1, 0.15) is 11.2 Å². The Kier molecular flexibility index (Phi) is 3.13. The highest BCUT2D eigenvalue weighted by molar-refractivity contribution is 9.11. The van der Waals surface area contributed by atoms with Crippen molar-refractivity contribution in [2.24, 2.45) is 0 Å². The molecule has 0 aliphatic carbocycles. The fourth-order valence-electron chi connectivity index (χ4n) is 3.03. The maximum Gasteiger partial charge on any atom is 0.158 e. The van der Waals surface area contributed by atoms with E-state index < -0.39 is 0 Å². The summed E-state index contributed by atoms with van der Waals surface area (Å²) in [5.41, 5.74) is 5.73. The van der Waals surface area contributed by atoms with Gasteiger partial charge in [0.2, 0.25) is 0 Å². The summed E-state index contributed by atoms with van der Waals surface area (Å²) in [5, 5.41) is 5.59. The molecule has 0 saturated carbocycles. The Balaban J connectivity index is 2.02. The van der Waals surface area contributed by atoms with Crippen molar-refractivity contribution >= 4 is 43.1 Å². The third-order valence-corrected chi connectivity index (χ3v) is 5.48. The van der Waals surface area contributed by atoms with E-state index in [9.17, 15) is 0 Å². The van der Waals surface area contributed by atoms with Crippen molar-refractivity contribution in [3.63, 3.8) is 0 Å². The number of aromatic amines is 1. The van der Waals surface area contributed by atoms with Crippen molar-refractivity contribution in [3.05, 3.63) is 39.6 Å². The number of H-pyrrole nitrogens is 1. The Labute approximate surface area is 140 Å². The van der Waals surface area contributed by atoms with E-state index in [0.717, 1.165) is 20.6 Å². The molecule has 0 amide bonds. The van der Waals surface area contributed by atoms with Gasteiger partial charge in [0.25, 0.3) is 0 Å². The number of fused-ring (bicyclic) bond motifs is 2. The number of hydrogen-bond donors (Lipinski definition) is 1. The minimum Gasteiger partial charge on any atom is -0.346 e. The van der Waals surface area contributed by atoms with Gasteiger partial charge in [0.05, 0.1) is 9.48 Å². The lowest BCUT2D eigenvalue weighted by Crippen LogP contribution is -1.95. The smallest absolute Gasteiger partial charge is 0.158 e. The molecular weight excluding hydrogens is 360 g/mol. The second-order valence-corrected chi connectivity index (χ2v) is 8.23. The fraction of sp³-hybridized carbons (Fsp3) is 0.250. The largest absolute Gasteiger partial charge is 0.346 e. The quantitative estimate of drug-likeness (QED) is 0.528. The van der Waals surface area contributed by atoms with Gasteiger partial charge in [-0.15, -0.1) is 11.3 Å². The number of aryl methyl sites for hydroxylation is 1. The van der Waals surface area contributed by atoms with Gasteiger partial charge in [-0.1, -0.05) is 13.8 Å². The first-order valence-corrected chi connectivity index (χ1v) is 8.77. The number of pyridine rings is 1. The number of nitrogens with one attached hydrogen (secondary N) is 1. The van der Waals surface area contributed by atoms with Crippen LogP contribution in [-0.2, 0) is 0 Å². The van der Waals surface area contributed by atoms with Crippen LogP contribution in [0.25, 0.3) is 27.1 Å². The zero-order valence-electron chi connectivity index (χ0n) is 12.5. The van der Waals surface area contributed by atoms with Gasteiger partial charge in [0, 0.05) is 17.1 Å². The van der Waals surface area contributed by atoms with E-state index >= 15 is 0 Å². The zero-order valence-corrected chi connectivity index (χ0v) is 14.9. The highest BCUT2D eigenvalue weighted by atomic mass is 79.9. The van der Waals surface area contributed by atoms with Gasteiger partial charge in [-0.25, -0.2) is 9.50 Å². The molecule has 0 aromatic carbocycles. The minimum atomic E-state index is 0.442. The average molecular weight is 375 g/mol. The summed E-state index contributed by atoms with van der Waals surface area (Å²) in [5.74, 6) is 0.442. The zero-order chi connectivity index (χ0) is 15.4. The van der Waals surface area contributed by atoms with E-state index in [1.165, 1.54) is 21.5 Å². The normalized spacial score (nSPS) is 12.0. The maximum atomic E-state index is 4.29. The van der Waals surface area contributed by atoms with E-state index in [4.69, 9.17) is 0 Å². The summed E-state index contributed by atoms with van der Waals surface area (Å²) in [6.07, 6.45) is 3.64. The number of thiophene rings is 1. The summed E-state index contributed by atoms with van der Waals surface area (Å²) >= 11 is 5.32. The predicted octanol–water partition coefficient (Wildman–Crippen LogP) is 5.13. The summed E-state index contributed by atoms with van der Waals surface area (Å²) in [4.78, 5) is 9.10. The molecule has 0 bridgehead atoms. The Morgan fingerprint density at radius 3 is 2.91 bits per heavy atom. The van der Waals surface area contributed by atoms with Gasteiger partial charge >= 0.3 is 0 Å². The van der Waals surface area contributed by atoms with Crippen LogP contribution in [0.4, 0.5) is 0 Å². The van der Waals surface area contributed by atoms with Crippen LogP contribution in [0.2, 0.25) is 0 Å². The highest BCUT2D eigenvalue weighted by Crippen LogP contribution is 2.40. The highest BCUT2D eigenvalue weighted by Gasteiger charge is 2.19. The van der Waals surface area contributed by atoms with Gasteiger partial charge < -0.3 is 4.98 Å². The first kappa shape index (κ1) is 14.0. The number of hydrogen-bond acceptors (Lipinski definition) is 3. The number of halogens is 1. The number of nitrogens with zero attached hydrogens (tertiary/aromatic N) is 3. The Morgan fingerprint density at radius 2 is 2.14 bits per heavy atom. The maximum absolute atomic E-state index is 4.29. The Bertz CT molecular complexity index is 993. The molecule has 4 aromatic rings. The third-order valence-electron chi connectivity index (χ3n) is 3.93. The van der Waals surface area contributed by atoms with Crippen molar-refractivity contribution in [2.45, 2.75) is 26.7 Å². The van der Waals surface area contributed by atoms with Gasteiger partial charge in [-0.2, -0.15) is 5.10 Å². The van der Waals surface area contributed by atoms with Gasteiger partial charge in [0.15, 0.2) is 5.65 Å². The number of rotatable bonds is 2.